The van der Waals surface area contributed by atoms with Crippen LogP contribution in [-0.2, 0) is 6.67 Å². The number of nitrogens with one attached hydrogen (secondary N) is 1. The average Bonchev–Trinajstić information content (AvgIpc) is 3.85. The molecular formula is C45H31N3S2. The second-order valence-electron chi connectivity index (χ2n) is 12.7. The Morgan fingerprint density at radius 2 is 1.28 bits per heavy atom. The van der Waals surface area contributed by atoms with E-state index in [9.17, 15) is 0 Å². The molecule has 3 nitrogen and oxygen atoms in total. The highest BCUT2D eigenvalue weighted by molar-refractivity contribution is 7.30. The lowest BCUT2D eigenvalue weighted by molar-refractivity contribution is 0.796. The Kier molecular flexibility index (Phi) is 6.83. The summed E-state index contributed by atoms with van der Waals surface area (Å²) in [6, 6.07) is 46.0. The highest BCUT2D eigenvalue weighted by Gasteiger charge is 2.24. The first-order valence-corrected chi connectivity index (χ1v) is 18.5. The van der Waals surface area contributed by atoms with Crippen LogP contribution in [0.3, 0.4) is 0 Å². The van der Waals surface area contributed by atoms with Gasteiger partial charge in [-0.1, -0.05) is 127 Å². The van der Waals surface area contributed by atoms with Crippen LogP contribution in [0.2, 0.25) is 0 Å². The van der Waals surface area contributed by atoms with Gasteiger partial charge in [-0.15, -0.1) is 22.7 Å². The number of nitrogens with zero attached hydrogens (tertiary/aromatic N) is 2. The van der Waals surface area contributed by atoms with Gasteiger partial charge in [0.05, 0.1) is 27.1 Å². The number of aromatic nitrogens is 1. The number of fused-ring (bicyclic) bond motifs is 12. The molecule has 9 aromatic rings. The third-order valence-corrected chi connectivity index (χ3v) is 12.3. The number of thiophene rings is 2. The summed E-state index contributed by atoms with van der Waals surface area (Å²) >= 11 is 3.83. The van der Waals surface area contributed by atoms with Gasteiger partial charge in [-0.2, -0.15) is 0 Å². The number of rotatable bonds is 5. The molecule has 0 amide bonds. The first kappa shape index (κ1) is 29.2. The molecule has 1 aliphatic carbocycles. The predicted molar refractivity (Wildman–Crippen MR) is 219 cm³/mol. The van der Waals surface area contributed by atoms with Crippen molar-refractivity contribution in [3.8, 4) is 11.1 Å². The van der Waals surface area contributed by atoms with Crippen molar-refractivity contribution < 1.29 is 0 Å². The van der Waals surface area contributed by atoms with E-state index in [-0.39, 0.29) is 0 Å². The van der Waals surface area contributed by atoms with Crippen LogP contribution in [0.1, 0.15) is 5.56 Å². The zero-order chi connectivity index (χ0) is 33.2. The highest BCUT2D eigenvalue weighted by Crippen LogP contribution is 2.51. The summed E-state index contributed by atoms with van der Waals surface area (Å²) in [5.74, 6) is 0. The molecule has 0 unspecified atom stereocenters. The molecule has 10 rings (SSSR count). The summed E-state index contributed by atoms with van der Waals surface area (Å²) in [5.41, 5.74) is 9.14. The lowest BCUT2D eigenvalue weighted by Crippen LogP contribution is -2.13. The van der Waals surface area contributed by atoms with Gasteiger partial charge >= 0.3 is 0 Å². The molecule has 0 aliphatic heterocycles. The lowest BCUT2D eigenvalue weighted by Gasteiger charge is -2.16. The van der Waals surface area contributed by atoms with Gasteiger partial charge in [-0.25, -0.2) is 0 Å². The molecule has 1 aliphatic rings. The maximum absolute atomic E-state index is 5.45. The molecule has 0 fully saturated rings. The van der Waals surface area contributed by atoms with Crippen molar-refractivity contribution in [2.45, 2.75) is 6.67 Å². The molecule has 238 valence electrons. The smallest absolute Gasteiger partial charge is 0.115 e. The molecule has 50 heavy (non-hydrogen) atoms. The number of hydrogen-bond acceptors (Lipinski definition) is 4. The van der Waals surface area contributed by atoms with E-state index in [1.807, 2.05) is 29.7 Å². The second-order valence-corrected chi connectivity index (χ2v) is 14.8. The fourth-order valence-corrected chi connectivity index (χ4v) is 10.3. The minimum Gasteiger partial charge on any atom is -0.387 e. The van der Waals surface area contributed by atoms with Crippen molar-refractivity contribution >= 4 is 96.2 Å². The first-order chi connectivity index (χ1) is 24.8. The van der Waals surface area contributed by atoms with Crippen molar-refractivity contribution in [3.05, 3.63) is 163 Å². The highest BCUT2D eigenvalue weighted by atomic mass is 32.1. The van der Waals surface area contributed by atoms with Gasteiger partial charge in [0.15, 0.2) is 0 Å². The summed E-state index contributed by atoms with van der Waals surface area (Å²) in [5, 5.41) is 11.4. The van der Waals surface area contributed by atoms with Crippen LogP contribution in [-0.4, -0.2) is 17.3 Å². The Bertz CT molecular complexity index is 2920. The van der Waals surface area contributed by atoms with E-state index in [1.165, 1.54) is 73.3 Å². The Hall–Kier alpha value is -5.75. The van der Waals surface area contributed by atoms with E-state index in [1.54, 1.807) is 0 Å². The maximum Gasteiger partial charge on any atom is 0.115 e. The van der Waals surface area contributed by atoms with E-state index in [0.29, 0.717) is 6.67 Å². The van der Waals surface area contributed by atoms with Gasteiger partial charge in [0.25, 0.3) is 0 Å². The molecule has 5 heteroatoms. The Balaban J connectivity index is 1.32. The zero-order valence-electron chi connectivity index (χ0n) is 27.4. The number of hydrogen-bond donors (Lipinski definition) is 1. The van der Waals surface area contributed by atoms with Crippen LogP contribution < -0.4 is 5.32 Å². The summed E-state index contributed by atoms with van der Waals surface area (Å²) in [6.45, 7) is 0.484. The molecule has 0 spiro atoms. The predicted octanol–water partition coefficient (Wildman–Crippen LogP) is 12.4. The van der Waals surface area contributed by atoms with Crippen LogP contribution in [0.25, 0.3) is 79.0 Å². The zero-order valence-corrected chi connectivity index (χ0v) is 29.0. The van der Waals surface area contributed by atoms with Crippen LogP contribution >= 0.6 is 22.7 Å². The van der Waals surface area contributed by atoms with Gasteiger partial charge in [0.1, 0.15) is 6.67 Å². The van der Waals surface area contributed by atoms with Crippen molar-refractivity contribution in [1.82, 2.24) is 9.88 Å². The third kappa shape index (κ3) is 4.44. The number of aliphatic imine (C=N–C) groups is 1. The molecular weight excluding hydrogens is 647 g/mol. The van der Waals surface area contributed by atoms with E-state index in [4.69, 9.17) is 4.99 Å². The Labute approximate surface area is 297 Å². The van der Waals surface area contributed by atoms with Gasteiger partial charge in [0.2, 0.25) is 0 Å². The van der Waals surface area contributed by atoms with Crippen LogP contribution in [0.4, 0.5) is 0 Å². The molecule has 0 bridgehead atoms. The monoisotopic (exact) mass is 677 g/mol. The van der Waals surface area contributed by atoms with Crippen LogP contribution in [0, 0.1) is 0 Å². The number of benzene rings is 6. The quantitative estimate of drug-likeness (QED) is 0.193. The molecule has 0 atom stereocenters. The van der Waals surface area contributed by atoms with Crippen molar-refractivity contribution in [2.24, 2.45) is 4.99 Å². The molecule has 3 aromatic heterocycles. The van der Waals surface area contributed by atoms with Crippen LogP contribution in [0.5, 0.6) is 0 Å². The molecule has 6 aromatic carbocycles. The van der Waals surface area contributed by atoms with E-state index < -0.39 is 0 Å². The summed E-state index contributed by atoms with van der Waals surface area (Å²) in [4.78, 5) is 5.45. The second kappa shape index (κ2) is 11.7. The summed E-state index contributed by atoms with van der Waals surface area (Å²) in [7, 11) is 1.99. The average molecular weight is 678 g/mol. The SMILES string of the molecule is CN/C(=C1/C=CC=C/C1=N/Cn1c2cc(-c3ccccc3)ccc2c2c3c4ccccc4sc3c3c4ccccc4sc3c21)c1ccccc1. The standard InChI is InChI=1S/C45H31N3S2/c1-46-42(29-16-6-3-7-17-29)31-18-8-11-21-35(31)47-27-48-36-26-30(28-14-4-2-5-15-28)24-25-32(36)39-40-33-19-9-12-22-37(33)49-44(40)41-34-20-10-13-23-38(34)50-45(41)43(39)48/h2-26,46H,27H2,1H3/b42-31-,47-35-. The van der Waals surface area contributed by atoms with Crippen LogP contribution in [0.15, 0.2) is 162 Å². The van der Waals surface area contributed by atoms with Gasteiger partial charge < -0.3 is 9.88 Å². The Morgan fingerprint density at radius 1 is 0.620 bits per heavy atom. The lowest BCUT2D eigenvalue weighted by atomic mass is 9.99. The summed E-state index contributed by atoms with van der Waals surface area (Å²) < 4.78 is 7.82. The number of allylic oxidation sites excluding steroid dienone is 5. The van der Waals surface area contributed by atoms with Gasteiger partial charge in [0, 0.05) is 59.0 Å². The first-order valence-electron chi connectivity index (χ1n) is 16.9. The summed E-state index contributed by atoms with van der Waals surface area (Å²) in [6.07, 6.45) is 8.49. The normalized spacial score (nSPS) is 15.1. The third-order valence-electron chi connectivity index (χ3n) is 9.92. The Morgan fingerprint density at radius 3 is 2.04 bits per heavy atom. The minimum absolute atomic E-state index is 0.484. The van der Waals surface area contributed by atoms with Crippen molar-refractivity contribution in [2.75, 3.05) is 7.05 Å². The van der Waals surface area contributed by atoms with Crippen molar-refractivity contribution in [3.63, 3.8) is 0 Å². The molecule has 0 saturated carbocycles. The van der Waals surface area contributed by atoms with E-state index in [0.717, 1.165) is 22.5 Å². The molecule has 0 radical (unpaired) electrons. The van der Waals surface area contributed by atoms with Gasteiger partial charge in [-0.05, 0) is 41.0 Å². The molecule has 3 heterocycles. The fraction of sp³-hybridized carbons (Fsp3) is 0.0444. The van der Waals surface area contributed by atoms with Gasteiger partial charge in [-0.3, -0.25) is 4.99 Å². The minimum atomic E-state index is 0.484. The molecule has 0 saturated heterocycles. The van der Waals surface area contributed by atoms with E-state index in [2.05, 4.69) is 162 Å². The topological polar surface area (TPSA) is 29.3 Å². The maximum atomic E-state index is 5.45. The van der Waals surface area contributed by atoms with Crippen molar-refractivity contribution in [1.29, 1.82) is 0 Å². The molecule has 1 N–H and O–H groups in total. The fourth-order valence-electron chi connectivity index (χ4n) is 7.71. The largest absolute Gasteiger partial charge is 0.387 e. The van der Waals surface area contributed by atoms with E-state index >= 15 is 0 Å².